The lowest BCUT2D eigenvalue weighted by atomic mass is 9.68. The number of benzene rings is 1. The van der Waals surface area contributed by atoms with Gasteiger partial charge >= 0.3 is 0 Å². The Morgan fingerprint density at radius 3 is 2.12 bits per heavy atom. The largest absolute Gasteiger partial charge is 0.325 e. The van der Waals surface area contributed by atoms with Gasteiger partial charge in [-0.2, -0.15) is 0 Å². The maximum absolute atomic E-state index is 6.55. The van der Waals surface area contributed by atoms with Gasteiger partial charge in [-0.25, -0.2) is 0 Å². The molecule has 0 aromatic heterocycles. The van der Waals surface area contributed by atoms with E-state index in [0.29, 0.717) is 5.41 Å². The average molecular weight is 343 g/mol. The average Bonchev–Trinajstić information content (AvgIpc) is 2.27. The van der Waals surface area contributed by atoms with E-state index in [2.05, 4.69) is 60.7 Å². The molecule has 2 heteroatoms. The van der Waals surface area contributed by atoms with Crippen molar-refractivity contribution in [2.45, 2.75) is 51.5 Å². The summed E-state index contributed by atoms with van der Waals surface area (Å²) in [6, 6.07) is 8.78. The van der Waals surface area contributed by atoms with Gasteiger partial charge in [0.2, 0.25) is 0 Å². The molecule has 94 valence electrons. The smallest absolute Gasteiger partial charge is 0.0195 e. The minimum Gasteiger partial charge on any atom is -0.325 e. The van der Waals surface area contributed by atoms with Crippen LogP contribution in [0.5, 0.6) is 0 Å². The Bertz CT molecular complexity index is 370. The quantitative estimate of drug-likeness (QED) is 0.803. The summed E-state index contributed by atoms with van der Waals surface area (Å²) in [5.41, 5.74) is 8.46. The fourth-order valence-electron chi connectivity index (χ4n) is 2.61. The molecule has 0 saturated heterocycles. The molecule has 1 nitrogen and oxygen atoms in total. The van der Waals surface area contributed by atoms with Crippen molar-refractivity contribution in [3.05, 3.63) is 33.4 Å². The molecule has 0 heterocycles. The van der Waals surface area contributed by atoms with Crippen LogP contribution in [0.4, 0.5) is 0 Å². The molecule has 1 aromatic rings. The Hall–Kier alpha value is -0.0900. The van der Waals surface area contributed by atoms with Crippen LogP contribution in [0.1, 0.15) is 45.1 Å². The lowest BCUT2D eigenvalue weighted by molar-refractivity contribution is 0.164. The van der Waals surface area contributed by atoms with Crippen molar-refractivity contribution in [2.75, 3.05) is 0 Å². The zero-order chi connectivity index (χ0) is 12.5. The summed E-state index contributed by atoms with van der Waals surface area (Å²) in [6.07, 6.45) is 5.86. The summed E-state index contributed by atoms with van der Waals surface area (Å²) in [4.78, 5) is 0. The summed E-state index contributed by atoms with van der Waals surface area (Å²) in [6.45, 7) is 4.72. The fourth-order valence-corrected chi connectivity index (χ4v) is 2.97. The first-order valence-corrected chi connectivity index (χ1v) is 7.50. The van der Waals surface area contributed by atoms with Gasteiger partial charge in [-0.05, 0) is 77.8 Å². The molecule has 1 aromatic carbocycles. The highest BCUT2D eigenvalue weighted by atomic mass is 127. The molecule has 1 saturated carbocycles. The minimum absolute atomic E-state index is 0.0301. The Balaban J connectivity index is 2.01. The maximum Gasteiger partial charge on any atom is 0.0195 e. The van der Waals surface area contributed by atoms with Gasteiger partial charge in [-0.3, -0.25) is 0 Å². The molecular weight excluding hydrogens is 321 g/mol. The lowest BCUT2D eigenvalue weighted by Gasteiger charge is -2.41. The lowest BCUT2D eigenvalue weighted by Crippen LogP contribution is -2.46. The number of hydrogen-bond acceptors (Lipinski definition) is 1. The van der Waals surface area contributed by atoms with Crippen LogP contribution in [0.15, 0.2) is 24.3 Å². The third-order valence-corrected chi connectivity index (χ3v) is 4.79. The monoisotopic (exact) mass is 343 g/mol. The van der Waals surface area contributed by atoms with Crippen LogP contribution in [0, 0.1) is 8.99 Å². The summed E-state index contributed by atoms with van der Waals surface area (Å²) in [5.74, 6) is 0. The van der Waals surface area contributed by atoms with Crippen LogP contribution in [0.25, 0.3) is 0 Å². The van der Waals surface area contributed by atoms with Crippen molar-refractivity contribution in [2.24, 2.45) is 11.1 Å². The molecule has 0 radical (unpaired) electrons. The van der Waals surface area contributed by atoms with Crippen molar-refractivity contribution in [3.8, 4) is 0 Å². The van der Waals surface area contributed by atoms with E-state index in [1.54, 1.807) is 0 Å². The number of hydrogen-bond donors (Lipinski definition) is 1. The second-order valence-electron chi connectivity index (χ2n) is 6.33. The van der Waals surface area contributed by atoms with Crippen LogP contribution >= 0.6 is 22.6 Å². The molecule has 0 unspecified atom stereocenters. The van der Waals surface area contributed by atoms with E-state index < -0.39 is 0 Å². The molecule has 0 spiro atoms. The fraction of sp³-hybridized carbons (Fsp3) is 0.600. The van der Waals surface area contributed by atoms with Gasteiger partial charge in [-0.15, -0.1) is 0 Å². The van der Waals surface area contributed by atoms with Crippen molar-refractivity contribution < 1.29 is 0 Å². The van der Waals surface area contributed by atoms with Gasteiger partial charge in [0.15, 0.2) is 0 Å². The first kappa shape index (κ1) is 13.3. The summed E-state index contributed by atoms with van der Waals surface area (Å²) in [5, 5.41) is 0. The Labute approximate surface area is 118 Å². The predicted octanol–water partition coefficient (Wildman–Crippen LogP) is 4.13. The molecule has 1 fully saturated rings. The summed E-state index contributed by atoms with van der Waals surface area (Å²) < 4.78 is 1.29. The van der Waals surface area contributed by atoms with Crippen molar-refractivity contribution in [3.63, 3.8) is 0 Å². The Kier molecular flexibility index (Phi) is 3.83. The molecule has 0 atom stereocenters. The standard InChI is InChI=1S/C15H22IN/c1-14(2)7-9-15(17,10-8-14)11-12-3-5-13(16)6-4-12/h3-6H,7-11,17H2,1-2H3. The van der Waals surface area contributed by atoms with Crippen LogP contribution in [0.3, 0.4) is 0 Å². The van der Waals surface area contributed by atoms with E-state index in [0.717, 1.165) is 19.3 Å². The second kappa shape index (κ2) is 4.88. The Morgan fingerprint density at radius 1 is 1.06 bits per heavy atom. The molecule has 0 amide bonds. The minimum atomic E-state index is 0.0301. The highest BCUT2D eigenvalue weighted by molar-refractivity contribution is 14.1. The SMILES string of the molecule is CC1(C)CCC(N)(Cc2ccc(I)cc2)CC1. The van der Waals surface area contributed by atoms with Crippen LogP contribution in [-0.2, 0) is 6.42 Å². The van der Waals surface area contributed by atoms with Crippen molar-refractivity contribution >= 4 is 22.6 Å². The number of halogens is 1. The second-order valence-corrected chi connectivity index (χ2v) is 7.58. The third kappa shape index (κ3) is 3.68. The number of rotatable bonds is 2. The van der Waals surface area contributed by atoms with Gasteiger partial charge in [0.25, 0.3) is 0 Å². The van der Waals surface area contributed by atoms with E-state index >= 15 is 0 Å². The van der Waals surface area contributed by atoms with Crippen molar-refractivity contribution in [1.82, 2.24) is 0 Å². The van der Waals surface area contributed by atoms with E-state index in [-0.39, 0.29) is 5.54 Å². The predicted molar refractivity (Wildman–Crippen MR) is 82.0 cm³/mol. The van der Waals surface area contributed by atoms with Gasteiger partial charge in [-0.1, -0.05) is 26.0 Å². The van der Waals surface area contributed by atoms with Crippen LogP contribution < -0.4 is 5.73 Å². The van der Waals surface area contributed by atoms with Gasteiger partial charge in [0.1, 0.15) is 0 Å². The topological polar surface area (TPSA) is 26.0 Å². The maximum atomic E-state index is 6.55. The number of nitrogens with two attached hydrogens (primary N) is 1. The Morgan fingerprint density at radius 2 is 1.59 bits per heavy atom. The molecule has 1 aliphatic carbocycles. The van der Waals surface area contributed by atoms with Crippen LogP contribution in [-0.4, -0.2) is 5.54 Å². The van der Waals surface area contributed by atoms with E-state index in [9.17, 15) is 0 Å². The highest BCUT2D eigenvalue weighted by Crippen LogP contribution is 2.40. The first-order valence-electron chi connectivity index (χ1n) is 6.42. The first-order chi connectivity index (χ1) is 7.89. The van der Waals surface area contributed by atoms with E-state index in [1.807, 2.05) is 0 Å². The van der Waals surface area contributed by atoms with Crippen molar-refractivity contribution in [1.29, 1.82) is 0 Å². The van der Waals surface area contributed by atoms with E-state index in [4.69, 9.17) is 5.73 Å². The molecule has 0 bridgehead atoms. The summed E-state index contributed by atoms with van der Waals surface area (Å²) >= 11 is 2.34. The highest BCUT2D eigenvalue weighted by Gasteiger charge is 2.35. The molecule has 17 heavy (non-hydrogen) atoms. The van der Waals surface area contributed by atoms with Gasteiger partial charge in [0, 0.05) is 9.11 Å². The normalized spacial score (nSPS) is 22.4. The van der Waals surface area contributed by atoms with Gasteiger partial charge < -0.3 is 5.73 Å². The molecule has 2 rings (SSSR count). The molecule has 1 aliphatic rings. The zero-order valence-corrected chi connectivity index (χ0v) is 13.0. The zero-order valence-electron chi connectivity index (χ0n) is 10.8. The molecular formula is C15H22IN. The van der Waals surface area contributed by atoms with E-state index in [1.165, 1.54) is 22.0 Å². The third-order valence-electron chi connectivity index (χ3n) is 4.07. The van der Waals surface area contributed by atoms with Gasteiger partial charge in [0.05, 0.1) is 0 Å². The summed E-state index contributed by atoms with van der Waals surface area (Å²) in [7, 11) is 0. The molecule has 2 N–H and O–H groups in total. The molecule has 0 aliphatic heterocycles. The van der Waals surface area contributed by atoms with Crippen LogP contribution in [0.2, 0.25) is 0 Å².